The predicted octanol–water partition coefficient (Wildman–Crippen LogP) is 2.85. The minimum Gasteiger partial charge on any atom is -0.497 e. The molecule has 1 amide bonds. The molecule has 0 fully saturated rings. The summed E-state index contributed by atoms with van der Waals surface area (Å²) >= 11 is 0. The summed E-state index contributed by atoms with van der Waals surface area (Å²) < 4.78 is 12.4. The molecule has 0 aliphatic heterocycles. The van der Waals surface area contributed by atoms with Gasteiger partial charge < -0.3 is 19.0 Å². The number of nitrogens with zero attached hydrogens (tertiary/aromatic N) is 2. The molecule has 0 aliphatic rings. The third-order valence-electron chi connectivity index (χ3n) is 3.92. The van der Waals surface area contributed by atoms with Crippen molar-refractivity contribution in [3.63, 3.8) is 0 Å². The minimum absolute atomic E-state index is 0.211. The van der Waals surface area contributed by atoms with Crippen LogP contribution in [0, 0.1) is 6.92 Å². The van der Waals surface area contributed by atoms with E-state index in [-0.39, 0.29) is 5.91 Å². The van der Waals surface area contributed by atoms with Gasteiger partial charge in [0.15, 0.2) is 0 Å². The van der Waals surface area contributed by atoms with Crippen LogP contribution in [0.2, 0.25) is 0 Å². The number of nitrogens with one attached hydrogen (secondary N) is 1. The number of amides is 1. The fourth-order valence-electron chi connectivity index (χ4n) is 2.60. The monoisotopic (exact) mass is 325 g/mol. The Morgan fingerprint density at radius 1 is 1.38 bits per heavy atom. The van der Waals surface area contributed by atoms with Gasteiger partial charge in [0.25, 0.3) is 5.91 Å². The van der Waals surface area contributed by atoms with Crippen LogP contribution in [0.5, 0.6) is 5.75 Å². The number of aryl methyl sites for hydroxylation is 2. The van der Waals surface area contributed by atoms with Crippen molar-refractivity contribution in [1.82, 2.24) is 14.9 Å². The van der Waals surface area contributed by atoms with Gasteiger partial charge in [0.1, 0.15) is 23.4 Å². The highest BCUT2D eigenvalue weighted by atomic mass is 16.5. The Labute approximate surface area is 140 Å². The normalized spacial score (nSPS) is 12.0. The molecule has 0 unspecified atom stereocenters. The van der Waals surface area contributed by atoms with Crippen LogP contribution in [-0.4, -0.2) is 22.6 Å². The zero-order valence-electron chi connectivity index (χ0n) is 13.8. The average molecular weight is 325 g/mol. The summed E-state index contributed by atoms with van der Waals surface area (Å²) in [6.45, 7) is 1.76. The molecule has 0 spiro atoms. The van der Waals surface area contributed by atoms with Crippen molar-refractivity contribution >= 4 is 5.91 Å². The summed E-state index contributed by atoms with van der Waals surface area (Å²) in [6.07, 6.45) is 5.06. The van der Waals surface area contributed by atoms with Crippen molar-refractivity contribution in [3.05, 3.63) is 71.7 Å². The molecule has 1 aromatic carbocycles. The Morgan fingerprint density at radius 2 is 2.21 bits per heavy atom. The number of aromatic nitrogens is 2. The third-order valence-corrected chi connectivity index (χ3v) is 3.92. The van der Waals surface area contributed by atoms with E-state index in [4.69, 9.17) is 9.15 Å². The Morgan fingerprint density at radius 3 is 2.83 bits per heavy atom. The van der Waals surface area contributed by atoms with Crippen LogP contribution in [0.15, 0.2) is 53.4 Å². The van der Waals surface area contributed by atoms with Gasteiger partial charge in [-0.3, -0.25) is 4.79 Å². The van der Waals surface area contributed by atoms with E-state index in [0.717, 1.165) is 17.1 Å². The number of hydrogen-bond acceptors (Lipinski definition) is 4. The van der Waals surface area contributed by atoms with Crippen molar-refractivity contribution in [1.29, 1.82) is 0 Å². The highest BCUT2D eigenvalue weighted by Gasteiger charge is 2.23. The first-order chi connectivity index (χ1) is 11.6. The Balaban J connectivity index is 1.98. The van der Waals surface area contributed by atoms with Gasteiger partial charge in [-0.15, -0.1) is 0 Å². The number of carbonyl (C=O) groups excluding carboxylic acids is 1. The van der Waals surface area contributed by atoms with Crippen LogP contribution in [0.1, 0.15) is 33.5 Å². The molecule has 1 atom stereocenters. The number of furan rings is 1. The molecule has 0 bridgehead atoms. The first-order valence-corrected chi connectivity index (χ1v) is 7.56. The van der Waals surface area contributed by atoms with Gasteiger partial charge in [-0.2, -0.15) is 0 Å². The van der Waals surface area contributed by atoms with Crippen LogP contribution in [-0.2, 0) is 7.05 Å². The molecule has 24 heavy (non-hydrogen) atoms. The molecular weight excluding hydrogens is 306 g/mol. The van der Waals surface area contributed by atoms with E-state index in [0.29, 0.717) is 11.3 Å². The molecule has 0 radical (unpaired) electrons. The van der Waals surface area contributed by atoms with E-state index in [1.165, 1.54) is 6.26 Å². The molecule has 0 saturated heterocycles. The fourth-order valence-corrected chi connectivity index (χ4v) is 2.60. The standard InChI is InChI=1S/C18H19N3O3/c1-12-15(7-10-24-12)18(22)20-16(17-19-8-9-21(17)2)13-5-4-6-14(11-13)23-3/h4-11,16H,1-3H3,(H,20,22)/t16-/m0/s1. The number of methoxy groups -OCH3 is 1. The Hall–Kier alpha value is -3.02. The topological polar surface area (TPSA) is 69.3 Å². The van der Waals surface area contributed by atoms with Gasteiger partial charge in [-0.25, -0.2) is 4.98 Å². The SMILES string of the molecule is COc1cccc([C@H](NC(=O)c2ccoc2C)c2nccn2C)c1. The molecule has 0 aliphatic carbocycles. The van der Waals surface area contributed by atoms with Gasteiger partial charge in [-0.1, -0.05) is 12.1 Å². The number of rotatable bonds is 5. The molecule has 6 nitrogen and oxygen atoms in total. The third kappa shape index (κ3) is 3.03. The lowest BCUT2D eigenvalue weighted by Gasteiger charge is -2.19. The minimum atomic E-state index is -0.401. The summed E-state index contributed by atoms with van der Waals surface area (Å²) in [5, 5.41) is 3.03. The first-order valence-electron chi connectivity index (χ1n) is 7.56. The first kappa shape index (κ1) is 15.9. The molecule has 3 rings (SSSR count). The van der Waals surface area contributed by atoms with E-state index in [1.807, 2.05) is 42.1 Å². The zero-order chi connectivity index (χ0) is 17.1. The molecule has 0 saturated carbocycles. The second-order valence-electron chi connectivity index (χ2n) is 5.47. The van der Waals surface area contributed by atoms with Crippen LogP contribution in [0.4, 0.5) is 0 Å². The zero-order valence-corrected chi connectivity index (χ0v) is 13.8. The molecule has 124 valence electrons. The van der Waals surface area contributed by atoms with Crippen LogP contribution in [0.3, 0.4) is 0 Å². The molecule has 6 heteroatoms. The van der Waals surface area contributed by atoms with E-state index < -0.39 is 6.04 Å². The number of ether oxygens (including phenoxy) is 1. The van der Waals surface area contributed by atoms with Crippen molar-refractivity contribution in [3.8, 4) is 5.75 Å². The quantitative estimate of drug-likeness (QED) is 0.783. The van der Waals surface area contributed by atoms with Gasteiger partial charge in [0, 0.05) is 19.4 Å². The summed E-state index contributed by atoms with van der Waals surface area (Å²) in [5.41, 5.74) is 1.40. The Bertz CT molecular complexity index is 851. The lowest BCUT2D eigenvalue weighted by atomic mass is 10.0. The maximum Gasteiger partial charge on any atom is 0.255 e. The maximum absolute atomic E-state index is 12.6. The van der Waals surface area contributed by atoms with Crippen molar-refractivity contribution in [2.75, 3.05) is 7.11 Å². The lowest BCUT2D eigenvalue weighted by molar-refractivity contribution is 0.0939. The maximum atomic E-state index is 12.6. The van der Waals surface area contributed by atoms with Crippen LogP contribution in [0.25, 0.3) is 0 Å². The number of carbonyl (C=O) groups is 1. The Kier molecular flexibility index (Phi) is 4.37. The number of imidazole rings is 1. The predicted molar refractivity (Wildman–Crippen MR) is 89.0 cm³/mol. The second kappa shape index (κ2) is 6.62. The summed E-state index contributed by atoms with van der Waals surface area (Å²) in [6, 6.07) is 8.83. The average Bonchev–Trinajstić information content (AvgIpc) is 3.21. The van der Waals surface area contributed by atoms with Crippen molar-refractivity contribution in [2.24, 2.45) is 7.05 Å². The molecule has 3 aromatic rings. The van der Waals surface area contributed by atoms with Gasteiger partial charge in [-0.05, 0) is 30.7 Å². The van der Waals surface area contributed by atoms with Crippen molar-refractivity contribution < 1.29 is 13.9 Å². The van der Waals surface area contributed by atoms with E-state index in [2.05, 4.69) is 10.3 Å². The summed E-state index contributed by atoms with van der Waals surface area (Å²) in [7, 11) is 3.51. The number of hydrogen-bond donors (Lipinski definition) is 1. The number of benzene rings is 1. The largest absolute Gasteiger partial charge is 0.497 e. The molecule has 1 N–H and O–H groups in total. The van der Waals surface area contributed by atoms with Gasteiger partial charge in [0.05, 0.1) is 18.9 Å². The van der Waals surface area contributed by atoms with E-state index in [9.17, 15) is 4.79 Å². The highest BCUT2D eigenvalue weighted by molar-refractivity contribution is 5.95. The summed E-state index contributed by atoms with van der Waals surface area (Å²) in [5.74, 6) is 1.83. The van der Waals surface area contributed by atoms with Crippen LogP contribution < -0.4 is 10.1 Å². The highest BCUT2D eigenvalue weighted by Crippen LogP contribution is 2.25. The lowest BCUT2D eigenvalue weighted by Crippen LogP contribution is -2.31. The second-order valence-corrected chi connectivity index (χ2v) is 5.47. The van der Waals surface area contributed by atoms with E-state index >= 15 is 0 Å². The van der Waals surface area contributed by atoms with E-state index in [1.54, 1.807) is 26.3 Å². The van der Waals surface area contributed by atoms with Gasteiger partial charge >= 0.3 is 0 Å². The molecular formula is C18H19N3O3. The molecule has 2 heterocycles. The summed E-state index contributed by atoms with van der Waals surface area (Å²) in [4.78, 5) is 17.0. The molecule has 2 aromatic heterocycles. The van der Waals surface area contributed by atoms with Gasteiger partial charge in [0.2, 0.25) is 0 Å². The van der Waals surface area contributed by atoms with Crippen molar-refractivity contribution in [2.45, 2.75) is 13.0 Å². The fraction of sp³-hybridized carbons (Fsp3) is 0.222. The van der Waals surface area contributed by atoms with Crippen LogP contribution >= 0.6 is 0 Å². The smallest absolute Gasteiger partial charge is 0.255 e.